The minimum atomic E-state index is 0.0342. The number of ether oxygens (including phenoxy) is 1. The van der Waals surface area contributed by atoms with Crippen molar-refractivity contribution in [1.82, 2.24) is 9.55 Å². The molecule has 35 heavy (non-hydrogen) atoms. The van der Waals surface area contributed by atoms with Crippen LogP contribution in [0, 0.1) is 0 Å². The molecule has 3 nitrogen and oxygen atoms in total. The minimum Gasteiger partial charge on any atom is -0.497 e. The largest absolute Gasteiger partial charge is 0.497 e. The summed E-state index contributed by atoms with van der Waals surface area (Å²) in [5.41, 5.74) is 6.71. The minimum absolute atomic E-state index is 0.0342. The van der Waals surface area contributed by atoms with E-state index in [1.54, 1.807) is 7.11 Å². The number of imidazole rings is 1. The summed E-state index contributed by atoms with van der Waals surface area (Å²) >= 11 is 12.4. The zero-order chi connectivity index (χ0) is 23.9. The maximum atomic E-state index is 6.22. The van der Waals surface area contributed by atoms with Crippen LogP contribution in [0.2, 0.25) is 10.0 Å². The van der Waals surface area contributed by atoms with Crippen molar-refractivity contribution in [2.45, 2.75) is 24.7 Å². The van der Waals surface area contributed by atoms with Crippen LogP contribution in [0.4, 0.5) is 0 Å². The van der Waals surface area contributed by atoms with Crippen LogP contribution in [0.25, 0.3) is 16.7 Å². The van der Waals surface area contributed by atoms with Crippen molar-refractivity contribution in [3.63, 3.8) is 0 Å². The Balaban J connectivity index is 1.56. The molecule has 1 heterocycles. The van der Waals surface area contributed by atoms with Gasteiger partial charge in [0.25, 0.3) is 0 Å². The predicted molar refractivity (Wildman–Crippen MR) is 143 cm³/mol. The van der Waals surface area contributed by atoms with E-state index < -0.39 is 0 Å². The Bertz CT molecular complexity index is 1460. The molecule has 5 heteroatoms. The number of methoxy groups -OCH3 is 1. The summed E-state index contributed by atoms with van der Waals surface area (Å²) in [5.74, 6) is 2.50. The van der Waals surface area contributed by atoms with E-state index in [0.29, 0.717) is 5.92 Å². The van der Waals surface area contributed by atoms with Crippen LogP contribution in [-0.2, 0) is 0 Å². The molecule has 4 aromatic carbocycles. The molecule has 1 aliphatic carbocycles. The van der Waals surface area contributed by atoms with E-state index in [-0.39, 0.29) is 5.92 Å². The van der Waals surface area contributed by atoms with E-state index in [4.69, 9.17) is 32.9 Å². The van der Waals surface area contributed by atoms with Crippen molar-refractivity contribution in [3.8, 4) is 11.4 Å². The lowest BCUT2D eigenvalue weighted by atomic mass is 9.85. The molecule has 0 radical (unpaired) electrons. The normalized spacial score (nSPS) is 13.5. The Morgan fingerprint density at radius 2 is 1.43 bits per heavy atom. The van der Waals surface area contributed by atoms with Crippen molar-refractivity contribution in [2.24, 2.45) is 0 Å². The van der Waals surface area contributed by atoms with Crippen LogP contribution in [0.1, 0.15) is 47.2 Å². The Hall–Kier alpha value is -3.27. The summed E-state index contributed by atoms with van der Waals surface area (Å²) in [6.45, 7) is 0. The summed E-state index contributed by atoms with van der Waals surface area (Å²) in [6.07, 6.45) is 2.36. The van der Waals surface area contributed by atoms with Gasteiger partial charge in [-0.25, -0.2) is 4.98 Å². The summed E-state index contributed by atoms with van der Waals surface area (Å²) in [6, 6.07) is 31.0. The molecule has 0 spiro atoms. The highest BCUT2D eigenvalue weighted by Crippen LogP contribution is 2.43. The molecule has 6 rings (SSSR count). The molecule has 0 amide bonds. The van der Waals surface area contributed by atoms with E-state index in [2.05, 4.69) is 59.2 Å². The third-order valence-electron chi connectivity index (χ3n) is 6.70. The molecule has 1 fully saturated rings. The number of rotatable bonds is 6. The molecule has 1 saturated carbocycles. The standard InChI is InChI=1S/C30H24Cl2N2O/c1-35-26-4-2-3-25(18-26)34-28-17-22(11-16-27(28)33-30(34)21-5-6-21)29(19-7-12-23(31)13-8-19)20-9-14-24(32)15-10-20/h2-4,7-18,21,29H,5-6H2,1H3. The molecule has 174 valence electrons. The van der Waals surface area contributed by atoms with Crippen LogP contribution >= 0.6 is 23.2 Å². The highest BCUT2D eigenvalue weighted by atomic mass is 35.5. The first-order valence-corrected chi connectivity index (χ1v) is 12.5. The lowest BCUT2D eigenvalue weighted by Gasteiger charge is -2.20. The monoisotopic (exact) mass is 498 g/mol. The number of fused-ring (bicyclic) bond motifs is 1. The average Bonchev–Trinajstić information content (AvgIpc) is 3.66. The molecule has 5 aromatic rings. The summed E-state index contributed by atoms with van der Waals surface area (Å²) in [4.78, 5) is 5.06. The van der Waals surface area contributed by atoms with Gasteiger partial charge in [-0.15, -0.1) is 0 Å². The maximum absolute atomic E-state index is 6.22. The van der Waals surface area contributed by atoms with Crippen LogP contribution in [0.5, 0.6) is 5.75 Å². The van der Waals surface area contributed by atoms with Gasteiger partial charge in [0.2, 0.25) is 0 Å². The van der Waals surface area contributed by atoms with Gasteiger partial charge in [0, 0.05) is 27.9 Å². The van der Waals surface area contributed by atoms with E-state index >= 15 is 0 Å². The van der Waals surface area contributed by atoms with Gasteiger partial charge >= 0.3 is 0 Å². The van der Waals surface area contributed by atoms with E-state index in [9.17, 15) is 0 Å². The first kappa shape index (κ1) is 22.2. The Kier molecular flexibility index (Phi) is 5.75. The number of hydrogen-bond donors (Lipinski definition) is 0. The van der Waals surface area contributed by atoms with Gasteiger partial charge in [-0.3, -0.25) is 4.57 Å². The van der Waals surface area contributed by atoms with Gasteiger partial charge in [0.1, 0.15) is 11.6 Å². The number of aromatic nitrogens is 2. The van der Waals surface area contributed by atoms with Crippen molar-refractivity contribution >= 4 is 34.2 Å². The number of nitrogens with zero attached hydrogens (tertiary/aromatic N) is 2. The first-order chi connectivity index (χ1) is 17.1. The van der Waals surface area contributed by atoms with Crippen LogP contribution in [-0.4, -0.2) is 16.7 Å². The molecule has 0 unspecified atom stereocenters. The number of benzene rings is 4. The zero-order valence-corrected chi connectivity index (χ0v) is 20.8. The molecule has 0 saturated heterocycles. The molecule has 1 aromatic heterocycles. The van der Waals surface area contributed by atoms with Gasteiger partial charge in [0.15, 0.2) is 0 Å². The fourth-order valence-corrected chi connectivity index (χ4v) is 5.07. The first-order valence-electron chi connectivity index (χ1n) is 11.8. The Morgan fingerprint density at radius 3 is 2.03 bits per heavy atom. The lowest BCUT2D eigenvalue weighted by Crippen LogP contribution is -2.04. The molecule has 0 bridgehead atoms. The number of hydrogen-bond acceptors (Lipinski definition) is 2. The summed E-state index contributed by atoms with van der Waals surface area (Å²) < 4.78 is 7.83. The molecular formula is C30H24Cl2N2O. The highest BCUT2D eigenvalue weighted by Gasteiger charge is 2.30. The van der Waals surface area contributed by atoms with Gasteiger partial charge in [-0.1, -0.05) is 59.6 Å². The van der Waals surface area contributed by atoms with Crippen molar-refractivity contribution in [3.05, 3.63) is 124 Å². The van der Waals surface area contributed by atoms with E-state index in [1.807, 2.05) is 36.4 Å². The topological polar surface area (TPSA) is 27.1 Å². The lowest BCUT2D eigenvalue weighted by molar-refractivity contribution is 0.414. The third kappa shape index (κ3) is 4.31. The second kappa shape index (κ2) is 9.07. The van der Waals surface area contributed by atoms with Crippen molar-refractivity contribution < 1.29 is 4.74 Å². The highest BCUT2D eigenvalue weighted by molar-refractivity contribution is 6.30. The predicted octanol–water partition coefficient (Wildman–Crippen LogP) is 8.40. The van der Waals surface area contributed by atoms with Crippen molar-refractivity contribution in [2.75, 3.05) is 7.11 Å². The maximum Gasteiger partial charge on any atom is 0.120 e. The Morgan fingerprint density at radius 1 is 0.800 bits per heavy atom. The van der Waals surface area contributed by atoms with Gasteiger partial charge in [0.05, 0.1) is 23.8 Å². The number of halogens is 2. The molecule has 0 N–H and O–H groups in total. The zero-order valence-electron chi connectivity index (χ0n) is 19.3. The molecule has 1 aliphatic rings. The van der Waals surface area contributed by atoms with E-state index in [0.717, 1.165) is 38.3 Å². The van der Waals surface area contributed by atoms with Gasteiger partial charge < -0.3 is 4.74 Å². The third-order valence-corrected chi connectivity index (χ3v) is 7.20. The fraction of sp³-hybridized carbons (Fsp3) is 0.167. The van der Waals surface area contributed by atoms with Crippen LogP contribution in [0.3, 0.4) is 0 Å². The second-order valence-corrected chi connectivity index (χ2v) is 9.94. The summed E-state index contributed by atoms with van der Waals surface area (Å²) in [7, 11) is 1.70. The van der Waals surface area contributed by atoms with Crippen LogP contribution in [0.15, 0.2) is 91.0 Å². The van der Waals surface area contributed by atoms with Crippen molar-refractivity contribution in [1.29, 1.82) is 0 Å². The second-order valence-electron chi connectivity index (χ2n) is 9.07. The molecule has 0 atom stereocenters. The van der Waals surface area contributed by atoms with Crippen LogP contribution < -0.4 is 4.74 Å². The Labute approximate surface area is 214 Å². The fourth-order valence-electron chi connectivity index (χ4n) is 4.81. The summed E-state index contributed by atoms with van der Waals surface area (Å²) in [5, 5.41) is 1.45. The molecular weight excluding hydrogens is 475 g/mol. The SMILES string of the molecule is COc1cccc(-n2c(C3CC3)nc3ccc(C(c4ccc(Cl)cc4)c4ccc(Cl)cc4)cc32)c1. The molecule has 0 aliphatic heterocycles. The quantitative estimate of drug-likeness (QED) is 0.219. The smallest absolute Gasteiger partial charge is 0.120 e. The van der Waals surface area contributed by atoms with Gasteiger partial charge in [-0.05, 0) is 78.1 Å². The van der Waals surface area contributed by atoms with E-state index in [1.165, 1.54) is 29.5 Å². The average molecular weight is 499 g/mol. The van der Waals surface area contributed by atoms with Gasteiger partial charge in [-0.2, -0.15) is 0 Å².